The molecule has 0 saturated carbocycles. The molecule has 0 aliphatic heterocycles. The summed E-state index contributed by atoms with van der Waals surface area (Å²) in [6.07, 6.45) is 7.25. The first-order valence-electron chi connectivity index (χ1n) is 6.44. The standard InChI is InChI=1S/C13H22N2O3/c1-9(2)8-11(12(16)17)15-13(18)14-10-6-4-3-5-7-10/h3-4,9-11H,5-8H2,1-2H3,(H,16,17)(H2,14,15,18)/t10?,11-/m0/s1. The van der Waals surface area contributed by atoms with Crippen LogP contribution in [-0.2, 0) is 4.79 Å². The van der Waals surface area contributed by atoms with Gasteiger partial charge in [-0.2, -0.15) is 0 Å². The van der Waals surface area contributed by atoms with Crippen molar-refractivity contribution in [3.63, 3.8) is 0 Å². The number of nitrogens with one attached hydrogen (secondary N) is 2. The Morgan fingerprint density at radius 3 is 2.61 bits per heavy atom. The number of allylic oxidation sites excluding steroid dienone is 1. The molecule has 5 nitrogen and oxygen atoms in total. The van der Waals surface area contributed by atoms with Crippen LogP contribution in [0.3, 0.4) is 0 Å². The minimum atomic E-state index is -0.984. The van der Waals surface area contributed by atoms with Crippen LogP contribution in [-0.4, -0.2) is 29.2 Å². The number of hydrogen-bond acceptors (Lipinski definition) is 2. The van der Waals surface area contributed by atoms with E-state index in [9.17, 15) is 9.59 Å². The lowest BCUT2D eigenvalue weighted by Crippen LogP contribution is -2.49. The third-order valence-corrected chi connectivity index (χ3v) is 2.91. The molecule has 0 aromatic heterocycles. The van der Waals surface area contributed by atoms with Crippen molar-refractivity contribution < 1.29 is 14.7 Å². The van der Waals surface area contributed by atoms with Gasteiger partial charge in [-0.1, -0.05) is 26.0 Å². The summed E-state index contributed by atoms with van der Waals surface area (Å²) in [7, 11) is 0. The summed E-state index contributed by atoms with van der Waals surface area (Å²) in [6.45, 7) is 3.86. The minimum absolute atomic E-state index is 0.114. The number of urea groups is 1. The topological polar surface area (TPSA) is 78.4 Å². The van der Waals surface area contributed by atoms with Crippen LogP contribution in [0.1, 0.15) is 39.5 Å². The van der Waals surface area contributed by atoms with E-state index in [4.69, 9.17) is 5.11 Å². The fourth-order valence-electron chi connectivity index (χ4n) is 2.00. The van der Waals surface area contributed by atoms with Gasteiger partial charge in [0.15, 0.2) is 0 Å². The van der Waals surface area contributed by atoms with Gasteiger partial charge in [0.1, 0.15) is 6.04 Å². The van der Waals surface area contributed by atoms with Crippen LogP contribution in [0.25, 0.3) is 0 Å². The monoisotopic (exact) mass is 254 g/mol. The van der Waals surface area contributed by atoms with Gasteiger partial charge in [0.25, 0.3) is 0 Å². The maximum atomic E-state index is 11.7. The number of carbonyl (C=O) groups excluding carboxylic acids is 1. The molecule has 102 valence electrons. The molecule has 0 heterocycles. The molecule has 1 aliphatic carbocycles. The molecule has 3 N–H and O–H groups in total. The van der Waals surface area contributed by atoms with Crippen LogP contribution in [0, 0.1) is 5.92 Å². The number of carbonyl (C=O) groups is 2. The summed E-state index contributed by atoms with van der Waals surface area (Å²) in [5.74, 6) is -0.758. The predicted molar refractivity (Wildman–Crippen MR) is 69.3 cm³/mol. The van der Waals surface area contributed by atoms with Gasteiger partial charge in [-0.3, -0.25) is 0 Å². The normalized spacial score (nSPS) is 20.5. The van der Waals surface area contributed by atoms with E-state index in [0.29, 0.717) is 6.42 Å². The number of carboxylic acid groups (broad SMARTS) is 1. The number of rotatable bonds is 5. The molecule has 2 amide bonds. The van der Waals surface area contributed by atoms with Crippen molar-refractivity contribution in [2.24, 2.45) is 5.92 Å². The lowest BCUT2D eigenvalue weighted by atomic mass is 10.0. The number of carboxylic acids is 1. The second-order valence-corrected chi connectivity index (χ2v) is 5.12. The van der Waals surface area contributed by atoms with Crippen LogP contribution < -0.4 is 10.6 Å². The van der Waals surface area contributed by atoms with Gasteiger partial charge < -0.3 is 15.7 Å². The SMILES string of the molecule is CC(C)C[C@H](NC(=O)NC1CC=CCC1)C(=O)O. The van der Waals surface area contributed by atoms with Gasteiger partial charge in [0.05, 0.1) is 0 Å². The number of aliphatic carboxylic acids is 1. The summed E-state index contributed by atoms with van der Waals surface area (Å²) < 4.78 is 0. The molecule has 1 rings (SSSR count). The van der Waals surface area contributed by atoms with Crippen molar-refractivity contribution in [2.45, 2.75) is 51.6 Å². The van der Waals surface area contributed by atoms with E-state index in [2.05, 4.69) is 16.7 Å². The fraction of sp³-hybridized carbons (Fsp3) is 0.692. The quantitative estimate of drug-likeness (QED) is 0.656. The van der Waals surface area contributed by atoms with Crippen molar-refractivity contribution in [1.29, 1.82) is 0 Å². The summed E-state index contributed by atoms with van der Waals surface area (Å²) in [5, 5.41) is 14.4. The van der Waals surface area contributed by atoms with Crippen LogP contribution in [0.5, 0.6) is 0 Å². The van der Waals surface area contributed by atoms with Crippen LogP contribution >= 0.6 is 0 Å². The summed E-state index contributed by atoms with van der Waals surface area (Å²) in [6, 6.07) is -1.09. The molecular weight excluding hydrogens is 232 g/mol. The fourth-order valence-corrected chi connectivity index (χ4v) is 2.00. The zero-order valence-corrected chi connectivity index (χ0v) is 11.0. The van der Waals surface area contributed by atoms with Crippen LogP contribution in [0.15, 0.2) is 12.2 Å². The highest BCUT2D eigenvalue weighted by molar-refractivity contribution is 5.82. The molecular formula is C13H22N2O3. The highest BCUT2D eigenvalue weighted by atomic mass is 16.4. The van der Waals surface area contributed by atoms with Gasteiger partial charge in [-0.15, -0.1) is 0 Å². The number of hydrogen-bond donors (Lipinski definition) is 3. The smallest absolute Gasteiger partial charge is 0.326 e. The molecule has 0 bridgehead atoms. The lowest BCUT2D eigenvalue weighted by Gasteiger charge is -2.22. The highest BCUT2D eigenvalue weighted by Crippen LogP contribution is 2.10. The van der Waals surface area contributed by atoms with Crippen LogP contribution in [0.2, 0.25) is 0 Å². The third-order valence-electron chi connectivity index (χ3n) is 2.91. The Bertz CT molecular complexity index is 326. The van der Waals surface area contributed by atoms with E-state index < -0.39 is 12.0 Å². The van der Waals surface area contributed by atoms with Gasteiger partial charge in [0.2, 0.25) is 0 Å². The summed E-state index contributed by atoms with van der Waals surface area (Å²) in [5.41, 5.74) is 0. The second-order valence-electron chi connectivity index (χ2n) is 5.12. The predicted octanol–water partition coefficient (Wildman–Crippen LogP) is 1.89. The summed E-state index contributed by atoms with van der Waals surface area (Å²) in [4.78, 5) is 22.7. The van der Waals surface area contributed by atoms with Gasteiger partial charge in [-0.25, -0.2) is 9.59 Å². The zero-order valence-electron chi connectivity index (χ0n) is 11.0. The van der Waals surface area contributed by atoms with Crippen molar-refractivity contribution >= 4 is 12.0 Å². The van der Waals surface area contributed by atoms with E-state index in [1.807, 2.05) is 19.9 Å². The molecule has 0 aromatic carbocycles. The Balaban J connectivity index is 2.40. The number of amides is 2. The largest absolute Gasteiger partial charge is 0.480 e. The Hall–Kier alpha value is -1.52. The van der Waals surface area contributed by atoms with Crippen molar-refractivity contribution in [1.82, 2.24) is 10.6 Å². The summed E-state index contributed by atoms with van der Waals surface area (Å²) >= 11 is 0. The Kier molecular flexibility index (Phi) is 5.68. The van der Waals surface area contributed by atoms with E-state index in [-0.39, 0.29) is 18.0 Å². The maximum Gasteiger partial charge on any atom is 0.326 e. The molecule has 2 atom stereocenters. The minimum Gasteiger partial charge on any atom is -0.480 e. The van der Waals surface area contributed by atoms with Crippen molar-refractivity contribution in [3.8, 4) is 0 Å². The Morgan fingerprint density at radius 1 is 1.39 bits per heavy atom. The first kappa shape index (κ1) is 14.5. The van der Waals surface area contributed by atoms with Crippen LogP contribution in [0.4, 0.5) is 4.79 Å². The molecule has 1 aliphatic rings. The molecule has 0 saturated heterocycles. The molecule has 1 unspecified atom stereocenters. The molecule has 0 aromatic rings. The van der Waals surface area contributed by atoms with E-state index >= 15 is 0 Å². The highest BCUT2D eigenvalue weighted by Gasteiger charge is 2.22. The molecule has 0 radical (unpaired) electrons. The lowest BCUT2D eigenvalue weighted by molar-refractivity contribution is -0.139. The van der Waals surface area contributed by atoms with E-state index in [0.717, 1.165) is 19.3 Å². The molecule has 5 heteroatoms. The average molecular weight is 254 g/mol. The molecule has 0 spiro atoms. The average Bonchev–Trinajstić information content (AvgIpc) is 2.28. The molecule has 18 heavy (non-hydrogen) atoms. The van der Waals surface area contributed by atoms with E-state index in [1.165, 1.54) is 0 Å². The Labute approximate surface area is 108 Å². The van der Waals surface area contributed by atoms with Gasteiger partial charge in [0, 0.05) is 6.04 Å². The van der Waals surface area contributed by atoms with Crippen molar-refractivity contribution in [3.05, 3.63) is 12.2 Å². The van der Waals surface area contributed by atoms with Crippen molar-refractivity contribution in [2.75, 3.05) is 0 Å². The Morgan fingerprint density at radius 2 is 2.11 bits per heavy atom. The maximum absolute atomic E-state index is 11.7. The first-order chi connectivity index (χ1) is 8.49. The zero-order chi connectivity index (χ0) is 13.5. The van der Waals surface area contributed by atoms with Gasteiger partial charge in [-0.05, 0) is 31.6 Å². The molecule has 0 fully saturated rings. The first-order valence-corrected chi connectivity index (χ1v) is 6.44. The van der Waals surface area contributed by atoms with Gasteiger partial charge >= 0.3 is 12.0 Å². The third kappa shape index (κ3) is 5.21. The van der Waals surface area contributed by atoms with E-state index in [1.54, 1.807) is 0 Å². The second kappa shape index (κ2) is 7.03.